The minimum absolute atomic E-state index is 0.0101. The lowest BCUT2D eigenvalue weighted by Gasteiger charge is -2.46. The molecule has 1 fully saturated rings. The lowest BCUT2D eigenvalue weighted by molar-refractivity contribution is -0.112. The van der Waals surface area contributed by atoms with Crippen LogP contribution in [-0.2, 0) is 9.22 Å². The van der Waals surface area contributed by atoms with E-state index in [0.29, 0.717) is 0 Å². The van der Waals surface area contributed by atoms with E-state index in [1.54, 1.807) is 0 Å². The molecule has 0 heterocycles. The van der Waals surface area contributed by atoms with E-state index < -0.39 is 8.32 Å². The van der Waals surface area contributed by atoms with Crippen molar-refractivity contribution in [2.75, 3.05) is 0 Å². The third-order valence-corrected chi connectivity index (χ3v) is 10.7. The van der Waals surface area contributed by atoms with E-state index in [0.717, 1.165) is 32.0 Å². The molecule has 0 radical (unpaired) electrons. The molecule has 3 heteroatoms. The number of carbonyl (C=O) groups is 1. The Morgan fingerprint density at radius 1 is 0.923 bits per heavy atom. The van der Waals surface area contributed by atoms with Gasteiger partial charge in [0.15, 0.2) is 0 Å². The van der Waals surface area contributed by atoms with E-state index in [4.69, 9.17) is 4.43 Å². The predicted octanol–water partition coefficient (Wildman–Crippen LogP) is 4.32. The molecule has 0 aromatic heterocycles. The van der Waals surface area contributed by atoms with Crippen molar-refractivity contribution in [3.05, 3.63) is 60.7 Å². The van der Waals surface area contributed by atoms with E-state index in [-0.39, 0.29) is 17.1 Å². The van der Waals surface area contributed by atoms with E-state index in [2.05, 4.69) is 81.4 Å². The highest BCUT2D eigenvalue weighted by Crippen LogP contribution is 2.39. The topological polar surface area (TPSA) is 26.3 Å². The van der Waals surface area contributed by atoms with Crippen LogP contribution in [0.5, 0.6) is 0 Å². The van der Waals surface area contributed by atoms with Crippen molar-refractivity contribution < 1.29 is 9.22 Å². The molecule has 2 nitrogen and oxygen atoms in total. The van der Waals surface area contributed by atoms with Crippen molar-refractivity contribution in [2.45, 2.75) is 57.6 Å². The van der Waals surface area contributed by atoms with Crippen molar-refractivity contribution in [2.24, 2.45) is 5.92 Å². The Labute approximate surface area is 158 Å². The first-order valence-electron chi connectivity index (χ1n) is 9.71. The Morgan fingerprint density at radius 3 is 1.92 bits per heavy atom. The monoisotopic (exact) mass is 366 g/mol. The number of benzene rings is 2. The Morgan fingerprint density at radius 2 is 1.46 bits per heavy atom. The zero-order valence-corrected chi connectivity index (χ0v) is 17.2. The van der Waals surface area contributed by atoms with Gasteiger partial charge in [-0.15, -0.1) is 0 Å². The highest BCUT2D eigenvalue weighted by Gasteiger charge is 2.51. The molecule has 1 aliphatic carbocycles. The van der Waals surface area contributed by atoms with Gasteiger partial charge in [-0.3, -0.25) is 0 Å². The standard InChI is InChI=1S/C23H30O2Si/c1-23(2,3)26(21-13-6-4-7-14-21,22-15-8-5-9-16-22)25-20-12-10-11-19(17-20)18-24/h4-9,13-16,18-20H,10-12,17H2,1-3H3/t19-,20+/m0/s1. The summed E-state index contributed by atoms with van der Waals surface area (Å²) >= 11 is 0. The highest BCUT2D eigenvalue weighted by molar-refractivity contribution is 6.99. The fraction of sp³-hybridized carbons (Fsp3) is 0.435. The molecule has 0 saturated heterocycles. The summed E-state index contributed by atoms with van der Waals surface area (Å²) in [4.78, 5) is 11.4. The van der Waals surface area contributed by atoms with Crippen molar-refractivity contribution in [1.29, 1.82) is 0 Å². The second kappa shape index (κ2) is 7.89. The molecule has 0 unspecified atom stereocenters. The third kappa shape index (κ3) is 3.69. The number of hydrogen-bond donors (Lipinski definition) is 0. The lowest BCUT2D eigenvalue weighted by Crippen LogP contribution is -2.67. The van der Waals surface area contributed by atoms with Gasteiger partial charge in [-0.2, -0.15) is 0 Å². The largest absolute Gasteiger partial charge is 0.404 e. The van der Waals surface area contributed by atoms with Crippen LogP contribution in [0.2, 0.25) is 5.04 Å². The zero-order valence-electron chi connectivity index (χ0n) is 16.2. The summed E-state index contributed by atoms with van der Waals surface area (Å²) < 4.78 is 7.13. The van der Waals surface area contributed by atoms with Gasteiger partial charge in [-0.05, 0) is 34.7 Å². The van der Waals surface area contributed by atoms with Crippen LogP contribution in [-0.4, -0.2) is 20.7 Å². The van der Waals surface area contributed by atoms with Gasteiger partial charge in [0.2, 0.25) is 0 Å². The molecule has 1 aliphatic rings. The van der Waals surface area contributed by atoms with Gasteiger partial charge in [0, 0.05) is 12.0 Å². The van der Waals surface area contributed by atoms with E-state index in [1.165, 1.54) is 10.4 Å². The molecule has 138 valence electrons. The molecule has 1 saturated carbocycles. The Hall–Kier alpha value is -1.71. The van der Waals surface area contributed by atoms with Crippen LogP contribution in [0.25, 0.3) is 0 Å². The van der Waals surface area contributed by atoms with Crippen molar-refractivity contribution in [1.82, 2.24) is 0 Å². The maximum Gasteiger partial charge on any atom is 0.261 e. The third-order valence-electron chi connectivity index (χ3n) is 5.62. The minimum Gasteiger partial charge on any atom is -0.404 e. The van der Waals surface area contributed by atoms with E-state index >= 15 is 0 Å². The van der Waals surface area contributed by atoms with Crippen molar-refractivity contribution in [3.8, 4) is 0 Å². The van der Waals surface area contributed by atoms with Crippen LogP contribution in [0.3, 0.4) is 0 Å². The predicted molar refractivity (Wildman–Crippen MR) is 111 cm³/mol. The fourth-order valence-corrected chi connectivity index (χ4v) is 9.08. The summed E-state index contributed by atoms with van der Waals surface area (Å²) in [6.45, 7) is 6.91. The lowest BCUT2D eigenvalue weighted by atomic mass is 9.88. The zero-order chi connectivity index (χ0) is 18.6. The second-order valence-electron chi connectivity index (χ2n) is 8.47. The Bertz CT molecular complexity index is 666. The van der Waals surface area contributed by atoms with Gasteiger partial charge in [0.25, 0.3) is 8.32 Å². The van der Waals surface area contributed by atoms with Gasteiger partial charge in [0.1, 0.15) is 6.29 Å². The SMILES string of the molecule is CC(C)(C)[Si](O[C@@H]1CCC[C@H](C=O)C1)(c1ccccc1)c1ccccc1. The fourth-order valence-electron chi connectivity index (χ4n) is 4.35. The number of rotatable bonds is 5. The van der Waals surface area contributed by atoms with Gasteiger partial charge in [0.05, 0.1) is 0 Å². The molecule has 3 rings (SSSR count). The Balaban J connectivity index is 2.10. The molecule has 0 N–H and O–H groups in total. The first-order valence-corrected chi connectivity index (χ1v) is 11.6. The first kappa shape index (κ1) is 19.1. The minimum atomic E-state index is -2.49. The normalized spacial score (nSPS) is 21.3. The van der Waals surface area contributed by atoms with Gasteiger partial charge >= 0.3 is 0 Å². The number of aldehydes is 1. The molecular weight excluding hydrogens is 336 g/mol. The summed E-state index contributed by atoms with van der Waals surface area (Å²) in [5, 5.41) is 2.61. The van der Waals surface area contributed by atoms with Crippen LogP contribution in [0.15, 0.2) is 60.7 Å². The maximum atomic E-state index is 11.4. The number of carbonyl (C=O) groups excluding carboxylic acids is 1. The average molecular weight is 367 g/mol. The molecule has 2 aromatic rings. The van der Waals surface area contributed by atoms with Gasteiger partial charge < -0.3 is 9.22 Å². The summed E-state index contributed by atoms with van der Waals surface area (Å²) in [7, 11) is -2.49. The average Bonchev–Trinajstić information content (AvgIpc) is 2.66. The summed E-state index contributed by atoms with van der Waals surface area (Å²) in [5.74, 6) is 0.145. The molecular formula is C23H30O2Si. The van der Waals surface area contributed by atoms with Gasteiger partial charge in [-0.25, -0.2) is 0 Å². The molecule has 0 bridgehead atoms. The Kier molecular flexibility index (Phi) is 5.78. The summed E-state index contributed by atoms with van der Waals surface area (Å²) in [6.07, 6.45) is 5.27. The van der Waals surface area contributed by atoms with E-state index in [9.17, 15) is 4.79 Å². The van der Waals surface area contributed by atoms with Crippen molar-refractivity contribution in [3.63, 3.8) is 0 Å². The molecule has 0 amide bonds. The quantitative estimate of drug-likeness (QED) is 0.582. The molecule has 0 spiro atoms. The van der Waals surface area contributed by atoms with Gasteiger partial charge in [-0.1, -0.05) is 87.9 Å². The van der Waals surface area contributed by atoms with Crippen LogP contribution < -0.4 is 10.4 Å². The second-order valence-corrected chi connectivity index (χ2v) is 12.7. The molecule has 2 atom stereocenters. The smallest absolute Gasteiger partial charge is 0.261 e. The maximum absolute atomic E-state index is 11.4. The molecule has 2 aromatic carbocycles. The molecule has 26 heavy (non-hydrogen) atoms. The first-order chi connectivity index (χ1) is 12.5. The van der Waals surface area contributed by atoms with Crippen LogP contribution >= 0.6 is 0 Å². The van der Waals surface area contributed by atoms with E-state index in [1.807, 2.05) is 0 Å². The highest BCUT2D eigenvalue weighted by atomic mass is 28.4. The van der Waals surface area contributed by atoms with Crippen LogP contribution in [0.4, 0.5) is 0 Å². The van der Waals surface area contributed by atoms with Crippen LogP contribution in [0.1, 0.15) is 46.5 Å². The van der Waals surface area contributed by atoms with Crippen molar-refractivity contribution >= 4 is 25.0 Å². The summed E-state index contributed by atoms with van der Waals surface area (Å²) in [5.41, 5.74) is 0. The summed E-state index contributed by atoms with van der Waals surface area (Å²) in [6, 6.07) is 21.5. The number of hydrogen-bond acceptors (Lipinski definition) is 2. The molecule has 0 aliphatic heterocycles. The van der Waals surface area contributed by atoms with Crippen LogP contribution in [0, 0.1) is 5.92 Å².